The fourth-order valence-corrected chi connectivity index (χ4v) is 7.40. The van der Waals surface area contributed by atoms with E-state index < -0.39 is 0 Å². The second-order valence-electron chi connectivity index (χ2n) is 9.76. The number of aromatic nitrogens is 2. The molecule has 5 rings (SSSR count). The smallest absolute Gasteiger partial charge is 0.267 e. The van der Waals surface area contributed by atoms with Crippen LogP contribution >= 0.6 is 23.1 Å². The first kappa shape index (κ1) is 23.6. The Bertz CT molecular complexity index is 1270. The van der Waals surface area contributed by atoms with E-state index in [4.69, 9.17) is 4.98 Å². The molecule has 1 saturated carbocycles. The number of rotatable bonds is 5. The molecule has 0 spiro atoms. The number of nitrogens with zero attached hydrogens (tertiary/aromatic N) is 2. The van der Waals surface area contributed by atoms with E-state index in [9.17, 15) is 9.59 Å². The molecular formula is C27H33N3O2S2. The molecule has 180 valence electrons. The number of amides is 1. The first-order valence-corrected chi connectivity index (χ1v) is 14.4. The molecule has 0 atom stereocenters. The van der Waals surface area contributed by atoms with Gasteiger partial charge in [0.15, 0.2) is 5.16 Å². The molecule has 0 aliphatic heterocycles. The highest BCUT2D eigenvalue weighted by Crippen LogP contribution is 2.35. The van der Waals surface area contributed by atoms with Crippen LogP contribution in [0.1, 0.15) is 72.9 Å². The summed E-state index contributed by atoms with van der Waals surface area (Å²) in [5.74, 6) is 0.300. The summed E-state index contributed by atoms with van der Waals surface area (Å²) in [6.45, 7) is 4.07. The van der Waals surface area contributed by atoms with Gasteiger partial charge in [0.05, 0.1) is 16.8 Å². The summed E-state index contributed by atoms with van der Waals surface area (Å²) in [6, 6.07) is 6.45. The summed E-state index contributed by atoms with van der Waals surface area (Å²) in [7, 11) is 0. The van der Waals surface area contributed by atoms with E-state index in [0.717, 1.165) is 59.1 Å². The van der Waals surface area contributed by atoms with Crippen molar-refractivity contribution in [2.24, 2.45) is 0 Å². The van der Waals surface area contributed by atoms with Gasteiger partial charge in [-0.25, -0.2) is 4.98 Å². The van der Waals surface area contributed by atoms with E-state index in [1.807, 2.05) is 13.8 Å². The molecule has 0 radical (unpaired) electrons. The molecule has 34 heavy (non-hydrogen) atoms. The second-order valence-corrected chi connectivity index (χ2v) is 11.8. The maximum Gasteiger partial charge on any atom is 0.267 e. The minimum absolute atomic E-state index is 0.00442. The Morgan fingerprint density at radius 1 is 1.12 bits per heavy atom. The van der Waals surface area contributed by atoms with Crippen LogP contribution in [0.15, 0.2) is 28.2 Å². The van der Waals surface area contributed by atoms with Crippen LogP contribution in [0.5, 0.6) is 0 Å². The van der Waals surface area contributed by atoms with Crippen LogP contribution in [-0.2, 0) is 17.6 Å². The van der Waals surface area contributed by atoms with Gasteiger partial charge in [-0.3, -0.25) is 14.2 Å². The SMILES string of the molecule is Cc1ccc(C)c(-n2c(SCC(=O)NC3CCCCCC3)nc3sc4c(c3c2=O)CCCC4)c1. The number of hydrogen-bond acceptors (Lipinski definition) is 5. The number of carbonyl (C=O) groups is 1. The van der Waals surface area contributed by atoms with Crippen LogP contribution in [-0.4, -0.2) is 27.3 Å². The number of benzene rings is 1. The average Bonchev–Trinajstić information content (AvgIpc) is 3.00. The average molecular weight is 496 g/mol. The number of hydrogen-bond donors (Lipinski definition) is 1. The van der Waals surface area contributed by atoms with Crippen molar-refractivity contribution in [2.45, 2.75) is 89.3 Å². The topological polar surface area (TPSA) is 64.0 Å². The van der Waals surface area contributed by atoms with E-state index in [2.05, 4.69) is 23.5 Å². The molecule has 0 unspecified atom stereocenters. The van der Waals surface area contributed by atoms with Crippen LogP contribution in [0.2, 0.25) is 0 Å². The summed E-state index contributed by atoms with van der Waals surface area (Å²) in [4.78, 5) is 33.9. The van der Waals surface area contributed by atoms with Crippen molar-refractivity contribution in [3.05, 3.63) is 50.1 Å². The number of nitrogens with one attached hydrogen (secondary N) is 1. The fourth-order valence-electron chi connectivity index (χ4n) is 5.28. The lowest BCUT2D eigenvalue weighted by molar-refractivity contribution is -0.119. The minimum atomic E-state index is 0.00442. The van der Waals surface area contributed by atoms with Crippen molar-refractivity contribution in [3.63, 3.8) is 0 Å². The maximum absolute atomic E-state index is 14.0. The Morgan fingerprint density at radius 2 is 1.88 bits per heavy atom. The molecule has 3 aromatic rings. The largest absolute Gasteiger partial charge is 0.353 e. The standard InChI is InChI=1S/C27H33N3O2S2/c1-17-13-14-18(2)21(15-17)30-26(32)24-20-11-7-8-12-22(20)34-25(24)29-27(30)33-16-23(31)28-19-9-5-3-4-6-10-19/h13-15,19H,3-12,16H2,1-2H3,(H,28,31). The molecule has 2 aliphatic rings. The molecule has 2 aliphatic carbocycles. The van der Waals surface area contributed by atoms with E-state index in [1.54, 1.807) is 15.9 Å². The predicted molar refractivity (Wildman–Crippen MR) is 142 cm³/mol. The molecule has 1 N–H and O–H groups in total. The van der Waals surface area contributed by atoms with Gasteiger partial charge in [-0.2, -0.15) is 0 Å². The highest BCUT2D eigenvalue weighted by molar-refractivity contribution is 7.99. The quantitative estimate of drug-likeness (QED) is 0.273. The van der Waals surface area contributed by atoms with Crippen LogP contribution in [0.25, 0.3) is 15.9 Å². The fraction of sp³-hybridized carbons (Fsp3) is 0.519. The number of thiophene rings is 1. The summed E-state index contributed by atoms with van der Waals surface area (Å²) >= 11 is 3.05. The lowest BCUT2D eigenvalue weighted by atomic mass is 9.97. The van der Waals surface area contributed by atoms with Crippen LogP contribution < -0.4 is 10.9 Å². The van der Waals surface area contributed by atoms with Gasteiger partial charge >= 0.3 is 0 Å². The van der Waals surface area contributed by atoms with Crippen molar-refractivity contribution in [2.75, 3.05) is 5.75 Å². The first-order chi connectivity index (χ1) is 16.5. The van der Waals surface area contributed by atoms with Crippen LogP contribution in [0, 0.1) is 13.8 Å². The highest BCUT2D eigenvalue weighted by atomic mass is 32.2. The van der Waals surface area contributed by atoms with Gasteiger partial charge in [0, 0.05) is 10.9 Å². The van der Waals surface area contributed by atoms with Crippen molar-refractivity contribution in [1.82, 2.24) is 14.9 Å². The molecule has 7 heteroatoms. The lowest BCUT2D eigenvalue weighted by Gasteiger charge is -2.17. The molecule has 2 aromatic heterocycles. The van der Waals surface area contributed by atoms with Crippen molar-refractivity contribution >= 4 is 39.2 Å². The Kier molecular flexibility index (Phi) is 7.11. The van der Waals surface area contributed by atoms with Crippen molar-refractivity contribution in [3.8, 4) is 5.69 Å². The Balaban J connectivity index is 1.51. The van der Waals surface area contributed by atoms with E-state index in [0.29, 0.717) is 5.16 Å². The molecule has 1 fully saturated rings. The Labute approximate surface area is 209 Å². The van der Waals surface area contributed by atoms with Gasteiger partial charge < -0.3 is 5.32 Å². The second kappa shape index (κ2) is 10.2. The zero-order valence-corrected chi connectivity index (χ0v) is 21.7. The maximum atomic E-state index is 14.0. The predicted octanol–water partition coefficient (Wildman–Crippen LogP) is 5.87. The molecule has 1 aromatic carbocycles. The monoisotopic (exact) mass is 495 g/mol. The lowest BCUT2D eigenvalue weighted by Crippen LogP contribution is -2.35. The van der Waals surface area contributed by atoms with E-state index in [1.165, 1.54) is 54.3 Å². The number of fused-ring (bicyclic) bond motifs is 3. The first-order valence-electron chi connectivity index (χ1n) is 12.6. The van der Waals surface area contributed by atoms with E-state index in [-0.39, 0.29) is 23.3 Å². The van der Waals surface area contributed by atoms with Crippen molar-refractivity contribution < 1.29 is 4.79 Å². The van der Waals surface area contributed by atoms with E-state index >= 15 is 0 Å². The summed E-state index contributed by atoms with van der Waals surface area (Å²) < 4.78 is 1.76. The summed E-state index contributed by atoms with van der Waals surface area (Å²) in [6.07, 6.45) is 11.3. The third-order valence-electron chi connectivity index (χ3n) is 7.12. The zero-order valence-electron chi connectivity index (χ0n) is 20.1. The van der Waals surface area contributed by atoms with Crippen molar-refractivity contribution in [1.29, 1.82) is 0 Å². The third-order valence-corrected chi connectivity index (χ3v) is 9.24. The molecule has 0 saturated heterocycles. The van der Waals surface area contributed by atoms with Gasteiger partial charge in [0.1, 0.15) is 4.83 Å². The van der Waals surface area contributed by atoms with Gasteiger partial charge in [0.2, 0.25) is 5.91 Å². The van der Waals surface area contributed by atoms with Gasteiger partial charge in [-0.1, -0.05) is 49.6 Å². The van der Waals surface area contributed by atoms with Gasteiger partial charge in [0.25, 0.3) is 5.56 Å². The summed E-state index contributed by atoms with van der Waals surface area (Å²) in [5, 5.41) is 4.62. The third kappa shape index (κ3) is 4.82. The van der Waals surface area contributed by atoms with Gasteiger partial charge in [-0.05, 0) is 75.1 Å². The van der Waals surface area contributed by atoms with Crippen LogP contribution in [0.4, 0.5) is 0 Å². The number of carbonyl (C=O) groups excluding carboxylic acids is 1. The Morgan fingerprint density at radius 3 is 2.68 bits per heavy atom. The normalized spacial score (nSPS) is 16.9. The van der Waals surface area contributed by atoms with Gasteiger partial charge in [-0.15, -0.1) is 11.3 Å². The number of thioether (sulfide) groups is 1. The zero-order chi connectivity index (χ0) is 23.7. The summed E-state index contributed by atoms with van der Waals surface area (Å²) in [5.41, 5.74) is 4.20. The molecular weight excluding hydrogens is 462 g/mol. The molecule has 1 amide bonds. The Hall–Kier alpha value is -2.12. The van der Waals surface area contributed by atoms with Crippen LogP contribution in [0.3, 0.4) is 0 Å². The highest BCUT2D eigenvalue weighted by Gasteiger charge is 2.24. The molecule has 5 nitrogen and oxygen atoms in total. The molecule has 0 bridgehead atoms. The minimum Gasteiger partial charge on any atom is -0.353 e. The number of aryl methyl sites for hydroxylation is 4. The molecule has 2 heterocycles.